The van der Waals surface area contributed by atoms with E-state index in [2.05, 4.69) is 181 Å². The standard InChI is InChI=1S/C31H34O5.C24H27N.Os/c1-22-4-8-27-28-9-5-23(2)19-30(28)31(3,29(27)18-22)26-7-6-25(24(20-26)10-11-32)21-36-17-16-35-15-14-34-13-12-33;1-5-20(4)21-10-16-24(17-11-21)25(22-12-6-18(2)7-13-22)23-14-8-19(3)9-15-23;/h4-10,18-20,33H,12-17,21H2,1-3H3;6-17,20H,5H2,1-4H3;. The van der Waals surface area contributed by atoms with Crippen molar-refractivity contribution in [3.05, 3.63) is 189 Å². The maximum Gasteiger partial charge on any atom is 0.100 e. The fraction of sp³-hybridized carbons (Fsp3) is 0.309. The quantitative estimate of drug-likeness (QED) is 0.0683. The Bertz CT molecular complexity index is 2240. The number of nitrogens with zero attached hydrogens (tertiary/aromatic N) is 1. The van der Waals surface area contributed by atoms with Gasteiger partial charge in [-0.2, -0.15) is 0 Å². The summed E-state index contributed by atoms with van der Waals surface area (Å²) in [6, 6.07) is 46.1. The van der Waals surface area contributed by atoms with Crippen molar-refractivity contribution in [1.29, 1.82) is 0 Å². The summed E-state index contributed by atoms with van der Waals surface area (Å²) in [6.45, 7) is 17.8. The molecule has 0 amide bonds. The van der Waals surface area contributed by atoms with Gasteiger partial charge >= 0.3 is 0 Å². The fourth-order valence-electron chi connectivity index (χ4n) is 8.01. The zero-order chi connectivity index (χ0) is 43.4. The van der Waals surface area contributed by atoms with Gasteiger partial charge in [0, 0.05) is 48.0 Å². The zero-order valence-electron chi connectivity index (χ0n) is 37.3. The van der Waals surface area contributed by atoms with Crippen LogP contribution in [0.2, 0.25) is 0 Å². The van der Waals surface area contributed by atoms with Crippen LogP contribution >= 0.6 is 0 Å². The molecule has 7 heteroatoms. The largest absolute Gasteiger partial charge is 0.403 e. The Hall–Kier alpha value is -4.86. The van der Waals surface area contributed by atoms with Crippen molar-refractivity contribution in [1.82, 2.24) is 0 Å². The van der Waals surface area contributed by atoms with Crippen LogP contribution in [0, 0.1) is 34.1 Å². The number of aliphatic hydroxyl groups is 1. The van der Waals surface area contributed by atoms with Crippen molar-refractivity contribution in [2.45, 2.75) is 72.8 Å². The molecule has 0 saturated heterocycles. The first-order valence-electron chi connectivity index (χ1n) is 21.5. The number of ether oxygens (including phenoxy) is 3. The van der Waals surface area contributed by atoms with Crippen molar-refractivity contribution >= 4 is 23.3 Å². The van der Waals surface area contributed by atoms with Gasteiger partial charge in [-0.25, -0.2) is 0 Å². The Labute approximate surface area is 383 Å². The minimum Gasteiger partial charge on any atom is -0.403 e. The van der Waals surface area contributed by atoms with Gasteiger partial charge in [-0.05, 0) is 135 Å². The maximum absolute atomic E-state index is 11.4. The molecular weight excluding hydrogens is 945 g/mol. The molecule has 1 unspecified atom stereocenters. The summed E-state index contributed by atoms with van der Waals surface area (Å²) in [5.74, 6) is 0.598. The third-order valence-electron chi connectivity index (χ3n) is 11.8. The second kappa shape index (κ2) is 23.0. The third kappa shape index (κ3) is 11.6. The molecular formula is C55H61NO5Os. The summed E-state index contributed by atoms with van der Waals surface area (Å²) >= 11 is 0. The summed E-state index contributed by atoms with van der Waals surface area (Å²) < 4.78 is 16.5. The summed E-state index contributed by atoms with van der Waals surface area (Å²) in [6.07, 6.45) is 4.61. The second-order valence-corrected chi connectivity index (χ2v) is 16.3. The molecule has 7 rings (SSSR count). The Balaban J connectivity index is 0.000000245. The van der Waals surface area contributed by atoms with Crippen molar-refractivity contribution in [2.24, 2.45) is 0 Å². The van der Waals surface area contributed by atoms with Crippen molar-refractivity contribution in [3.8, 4) is 11.1 Å². The summed E-state index contributed by atoms with van der Waals surface area (Å²) in [7, 11) is 0. The Morgan fingerprint density at radius 3 is 1.58 bits per heavy atom. The van der Waals surface area contributed by atoms with Gasteiger partial charge in [-0.3, -0.25) is 0 Å². The molecule has 0 spiro atoms. The van der Waals surface area contributed by atoms with E-state index in [1.54, 1.807) is 0 Å². The van der Waals surface area contributed by atoms with Crippen LogP contribution in [0.25, 0.3) is 11.1 Å². The average Bonchev–Trinajstić information content (AvgIpc) is 3.51. The van der Waals surface area contributed by atoms with Crippen LogP contribution in [0.3, 0.4) is 0 Å². The van der Waals surface area contributed by atoms with Gasteiger partial charge in [0.15, 0.2) is 0 Å². The van der Waals surface area contributed by atoms with Crippen molar-refractivity contribution in [2.75, 3.05) is 44.5 Å². The zero-order valence-corrected chi connectivity index (χ0v) is 39.9. The van der Waals surface area contributed by atoms with Gasteiger partial charge in [-0.15, -0.1) is 0 Å². The molecule has 0 fully saturated rings. The monoisotopic (exact) mass is 1010 g/mol. The number of benzene rings is 6. The summed E-state index contributed by atoms with van der Waals surface area (Å²) in [5, 5.41) is 8.70. The second-order valence-electron chi connectivity index (χ2n) is 16.3. The van der Waals surface area contributed by atoms with Crippen molar-refractivity contribution < 1.29 is 43.9 Å². The number of aliphatic hydroxyl groups excluding tert-OH is 1. The van der Waals surface area contributed by atoms with Gasteiger partial charge < -0.3 is 29.0 Å². The Kier molecular flexibility index (Phi) is 17.9. The van der Waals surface area contributed by atoms with Crippen LogP contribution in [-0.2, 0) is 50.8 Å². The summed E-state index contributed by atoms with van der Waals surface area (Å²) in [5.41, 5.74) is 17.6. The normalized spacial score (nSPS) is 12.6. The molecule has 0 aromatic heterocycles. The molecule has 62 heavy (non-hydrogen) atoms. The van der Waals surface area contributed by atoms with E-state index in [0.717, 1.165) is 16.7 Å². The topological polar surface area (TPSA) is 68.2 Å². The van der Waals surface area contributed by atoms with Crippen LogP contribution in [0.4, 0.5) is 17.1 Å². The smallest absolute Gasteiger partial charge is 0.100 e. The molecule has 324 valence electrons. The van der Waals surface area contributed by atoms with Crippen LogP contribution in [0.5, 0.6) is 0 Å². The molecule has 0 saturated carbocycles. The number of aryl methyl sites for hydroxylation is 4. The molecule has 0 bridgehead atoms. The van der Waals surface area contributed by atoms with E-state index in [9.17, 15) is 4.79 Å². The third-order valence-corrected chi connectivity index (χ3v) is 11.8. The van der Waals surface area contributed by atoms with E-state index < -0.39 is 0 Å². The predicted molar refractivity (Wildman–Crippen MR) is 250 cm³/mol. The van der Waals surface area contributed by atoms with E-state index in [1.807, 2.05) is 6.29 Å². The van der Waals surface area contributed by atoms with Crippen LogP contribution in [-0.4, -0.2) is 51.0 Å². The van der Waals surface area contributed by atoms with E-state index in [0.29, 0.717) is 45.6 Å². The number of hydrogen-bond acceptors (Lipinski definition) is 6. The number of rotatable bonds is 18. The van der Waals surface area contributed by atoms with E-state index in [1.165, 1.54) is 80.0 Å². The molecule has 1 aliphatic carbocycles. The molecule has 0 radical (unpaired) electrons. The molecule has 6 aromatic carbocycles. The minimum absolute atomic E-state index is 0. The maximum atomic E-state index is 11.4. The van der Waals surface area contributed by atoms with E-state index in [-0.39, 0.29) is 31.8 Å². The number of hydrogen-bond donors (Lipinski definition) is 1. The van der Waals surface area contributed by atoms with Gasteiger partial charge in [-0.1, -0.05) is 115 Å². The van der Waals surface area contributed by atoms with E-state index in [4.69, 9.17) is 19.3 Å². The van der Waals surface area contributed by atoms with Crippen molar-refractivity contribution in [3.63, 3.8) is 0 Å². The molecule has 0 heterocycles. The first-order valence-corrected chi connectivity index (χ1v) is 21.5. The molecule has 1 aliphatic rings. The number of fused-ring (bicyclic) bond motifs is 3. The Morgan fingerprint density at radius 2 is 1.10 bits per heavy atom. The van der Waals surface area contributed by atoms with Gasteiger partial charge in [0.05, 0.1) is 51.3 Å². The van der Waals surface area contributed by atoms with Gasteiger partial charge in [0.2, 0.25) is 0 Å². The molecule has 6 aromatic rings. The number of anilines is 3. The number of carbonyl (C=O) groups excluding carboxylic acids is 1. The first-order chi connectivity index (χ1) is 29.6. The first kappa shape index (κ1) is 48.2. The minimum atomic E-state index is -0.334. The van der Waals surface area contributed by atoms with Gasteiger partial charge in [0.25, 0.3) is 0 Å². The molecule has 1 atom stereocenters. The van der Waals surface area contributed by atoms with Gasteiger partial charge in [0.1, 0.15) is 6.61 Å². The molecule has 1 N–H and O–H groups in total. The molecule has 0 aliphatic heterocycles. The van der Waals surface area contributed by atoms with Crippen LogP contribution in [0.15, 0.2) is 127 Å². The Morgan fingerprint density at radius 1 is 0.629 bits per heavy atom. The molecule has 6 nitrogen and oxygen atoms in total. The van der Waals surface area contributed by atoms with Crippen LogP contribution < -0.4 is 4.90 Å². The fourth-order valence-corrected chi connectivity index (χ4v) is 8.01. The predicted octanol–water partition coefficient (Wildman–Crippen LogP) is 12.1. The average molecular weight is 1010 g/mol. The van der Waals surface area contributed by atoms with E-state index >= 15 is 0 Å². The summed E-state index contributed by atoms with van der Waals surface area (Å²) in [4.78, 5) is 13.7. The van der Waals surface area contributed by atoms with Crippen LogP contribution in [0.1, 0.15) is 88.7 Å². The SMILES string of the molecule is CCC(C)c1ccc(N(c2ccc(C)cc2)c2ccc(C)cc2)cc1.Cc1ccc2c(c1)C(C)(c1ccc(COCCOCCOCCO)c([CH+][C-]=O)c1)c1cc(C)ccc1-2.[Os].